The van der Waals surface area contributed by atoms with E-state index in [1.165, 1.54) is 0 Å². The first kappa shape index (κ1) is 21.9. The molecule has 0 aliphatic heterocycles. The maximum absolute atomic E-state index is 12.9. The van der Waals surface area contributed by atoms with Gasteiger partial charge in [-0.15, -0.1) is 0 Å². The van der Waals surface area contributed by atoms with Crippen LogP contribution in [0.4, 0.5) is 0 Å². The molecule has 2 aromatic carbocycles. The molecule has 0 aliphatic carbocycles. The minimum Gasteiger partial charge on any atom is -0.493 e. The zero-order chi connectivity index (χ0) is 22.4. The minimum atomic E-state index is -0.515. The van der Waals surface area contributed by atoms with Gasteiger partial charge in [-0.05, 0) is 43.7 Å². The van der Waals surface area contributed by atoms with E-state index in [9.17, 15) is 9.59 Å². The Kier molecular flexibility index (Phi) is 6.92. The van der Waals surface area contributed by atoms with E-state index >= 15 is 0 Å². The number of carbonyl (C=O) groups excluding carboxylic acids is 2. The normalized spacial score (nSPS) is 10.6. The molecule has 1 amide bonds. The van der Waals surface area contributed by atoms with Gasteiger partial charge in [-0.3, -0.25) is 9.59 Å². The SMILES string of the molecule is COc1ccc(-c2cn(-c3ccccc3)nc2C(=O)NCC(=O)OC(C)C)cc1OC. The first-order chi connectivity index (χ1) is 14.9. The van der Waals surface area contributed by atoms with E-state index in [-0.39, 0.29) is 18.3 Å². The molecule has 0 aliphatic rings. The Morgan fingerprint density at radius 3 is 2.39 bits per heavy atom. The topological polar surface area (TPSA) is 91.7 Å². The standard InChI is InChI=1S/C23H25N3O5/c1-15(2)31-21(27)13-24-23(28)22-18(14-26(25-22)17-8-6-5-7-9-17)16-10-11-19(29-3)20(12-16)30-4/h5-12,14-15H,13H2,1-4H3,(H,24,28). The predicted octanol–water partition coefficient (Wildman–Crippen LogP) is 3.24. The molecular weight excluding hydrogens is 398 g/mol. The molecule has 31 heavy (non-hydrogen) atoms. The van der Waals surface area contributed by atoms with E-state index in [0.717, 1.165) is 11.3 Å². The van der Waals surface area contributed by atoms with Gasteiger partial charge in [0, 0.05) is 11.8 Å². The fraction of sp³-hybridized carbons (Fsp3) is 0.261. The molecule has 1 aromatic heterocycles. The Hall–Kier alpha value is -3.81. The lowest BCUT2D eigenvalue weighted by molar-refractivity contribution is -0.146. The number of esters is 1. The van der Waals surface area contributed by atoms with Crippen LogP contribution in [0.3, 0.4) is 0 Å². The second kappa shape index (κ2) is 9.80. The van der Waals surface area contributed by atoms with Crippen LogP contribution in [-0.4, -0.2) is 48.5 Å². The van der Waals surface area contributed by atoms with Gasteiger partial charge >= 0.3 is 5.97 Å². The lowest BCUT2D eigenvalue weighted by Crippen LogP contribution is -2.32. The number of hydrogen-bond donors (Lipinski definition) is 1. The van der Waals surface area contributed by atoms with Crippen LogP contribution in [0, 0.1) is 0 Å². The first-order valence-electron chi connectivity index (χ1n) is 9.78. The summed E-state index contributed by atoms with van der Waals surface area (Å²) in [6, 6.07) is 14.8. The largest absolute Gasteiger partial charge is 0.493 e. The summed E-state index contributed by atoms with van der Waals surface area (Å²) in [5, 5.41) is 7.06. The number of benzene rings is 2. The van der Waals surface area contributed by atoms with E-state index in [1.807, 2.05) is 36.4 Å². The molecular formula is C23H25N3O5. The molecule has 0 fully saturated rings. The average Bonchev–Trinajstić information content (AvgIpc) is 3.22. The maximum atomic E-state index is 12.9. The number of ether oxygens (including phenoxy) is 3. The molecule has 1 N–H and O–H groups in total. The van der Waals surface area contributed by atoms with Crippen LogP contribution >= 0.6 is 0 Å². The van der Waals surface area contributed by atoms with Crippen molar-refractivity contribution in [3.63, 3.8) is 0 Å². The molecule has 3 aromatic rings. The van der Waals surface area contributed by atoms with Gasteiger partial charge in [0.05, 0.1) is 26.0 Å². The van der Waals surface area contributed by atoms with E-state index in [0.29, 0.717) is 17.1 Å². The number of aromatic nitrogens is 2. The number of nitrogens with one attached hydrogen (secondary N) is 1. The number of rotatable bonds is 8. The molecule has 0 spiro atoms. The van der Waals surface area contributed by atoms with Gasteiger partial charge in [0.25, 0.3) is 5.91 Å². The fourth-order valence-electron chi connectivity index (χ4n) is 3.01. The molecule has 0 unspecified atom stereocenters. The summed E-state index contributed by atoms with van der Waals surface area (Å²) in [4.78, 5) is 24.7. The highest BCUT2D eigenvalue weighted by Crippen LogP contribution is 2.34. The second-order valence-electron chi connectivity index (χ2n) is 6.96. The third kappa shape index (κ3) is 5.22. The summed E-state index contributed by atoms with van der Waals surface area (Å²) in [6.07, 6.45) is 1.50. The second-order valence-corrected chi connectivity index (χ2v) is 6.96. The minimum absolute atomic E-state index is 0.174. The molecule has 8 nitrogen and oxygen atoms in total. The Balaban J connectivity index is 1.98. The highest BCUT2D eigenvalue weighted by Gasteiger charge is 2.21. The molecule has 0 saturated carbocycles. The summed E-state index contributed by atoms with van der Waals surface area (Å²) in [5.74, 6) is 0.0992. The van der Waals surface area contributed by atoms with Crippen molar-refractivity contribution in [2.24, 2.45) is 0 Å². The van der Waals surface area contributed by atoms with Gasteiger partial charge in [0.1, 0.15) is 6.54 Å². The molecule has 0 atom stereocenters. The highest BCUT2D eigenvalue weighted by molar-refractivity contribution is 6.00. The van der Waals surface area contributed by atoms with Crippen molar-refractivity contribution >= 4 is 11.9 Å². The third-order valence-corrected chi connectivity index (χ3v) is 4.41. The van der Waals surface area contributed by atoms with Gasteiger partial charge in [-0.25, -0.2) is 4.68 Å². The molecule has 1 heterocycles. The lowest BCUT2D eigenvalue weighted by atomic mass is 10.1. The quantitative estimate of drug-likeness (QED) is 0.560. The Bertz CT molecular complexity index is 1060. The Labute approximate surface area is 180 Å². The molecule has 8 heteroatoms. The lowest BCUT2D eigenvalue weighted by Gasteiger charge is -2.10. The van der Waals surface area contributed by atoms with Crippen LogP contribution < -0.4 is 14.8 Å². The molecule has 0 saturated heterocycles. The monoisotopic (exact) mass is 423 g/mol. The van der Waals surface area contributed by atoms with Crippen molar-refractivity contribution in [2.75, 3.05) is 20.8 Å². The van der Waals surface area contributed by atoms with Crippen LogP contribution in [-0.2, 0) is 9.53 Å². The highest BCUT2D eigenvalue weighted by atomic mass is 16.5. The van der Waals surface area contributed by atoms with Crippen LogP contribution in [0.1, 0.15) is 24.3 Å². The van der Waals surface area contributed by atoms with Crippen molar-refractivity contribution in [3.8, 4) is 28.3 Å². The van der Waals surface area contributed by atoms with E-state index < -0.39 is 11.9 Å². The third-order valence-electron chi connectivity index (χ3n) is 4.41. The smallest absolute Gasteiger partial charge is 0.325 e. The summed E-state index contributed by atoms with van der Waals surface area (Å²) >= 11 is 0. The average molecular weight is 423 g/mol. The number of carbonyl (C=O) groups is 2. The number of hydrogen-bond acceptors (Lipinski definition) is 6. The Morgan fingerprint density at radius 2 is 1.74 bits per heavy atom. The van der Waals surface area contributed by atoms with E-state index in [2.05, 4.69) is 10.4 Å². The van der Waals surface area contributed by atoms with Gasteiger partial charge < -0.3 is 19.5 Å². The number of para-hydroxylation sites is 1. The van der Waals surface area contributed by atoms with Crippen molar-refractivity contribution in [1.29, 1.82) is 0 Å². The summed E-state index contributed by atoms with van der Waals surface area (Å²) in [5.41, 5.74) is 2.27. The Morgan fingerprint density at radius 1 is 1.03 bits per heavy atom. The summed E-state index contributed by atoms with van der Waals surface area (Å²) in [6.45, 7) is 3.24. The summed E-state index contributed by atoms with van der Waals surface area (Å²) < 4.78 is 17.4. The van der Waals surface area contributed by atoms with Crippen LogP contribution in [0.2, 0.25) is 0 Å². The zero-order valence-electron chi connectivity index (χ0n) is 17.9. The fourth-order valence-corrected chi connectivity index (χ4v) is 3.01. The molecule has 3 rings (SSSR count). The first-order valence-corrected chi connectivity index (χ1v) is 9.78. The van der Waals surface area contributed by atoms with Gasteiger partial charge in [0.2, 0.25) is 0 Å². The predicted molar refractivity (Wildman–Crippen MR) is 116 cm³/mol. The van der Waals surface area contributed by atoms with E-state index in [1.54, 1.807) is 51.1 Å². The van der Waals surface area contributed by atoms with Crippen molar-refractivity contribution in [1.82, 2.24) is 15.1 Å². The molecule has 0 radical (unpaired) electrons. The van der Waals surface area contributed by atoms with Crippen LogP contribution in [0.25, 0.3) is 16.8 Å². The van der Waals surface area contributed by atoms with Crippen molar-refractivity contribution in [3.05, 3.63) is 60.4 Å². The van der Waals surface area contributed by atoms with Crippen molar-refractivity contribution < 1.29 is 23.8 Å². The van der Waals surface area contributed by atoms with Crippen molar-refractivity contribution in [2.45, 2.75) is 20.0 Å². The maximum Gasteiger partial charge on any atom is 0.325 e. The zero-order valence-corrected chi connectivity index (χ0v) is 17.9. The van der Waals surface area contributed by atoms with Crippen LogP contribution in [0.5, 0.6) is 11.5 Å². The number of methoxy groups -OCH3 is 2. The molecule has 0 bridgehead atoms. The van der Waals surface area contributed by atoms with Gasteiger partial charge in [-0.2, -0.15) is 5.10 Å². The molecule has 162 valence electrons. The number of nitrogens with zero attached hydrogens (tertiary/aromatic N) is 2. The van der Waals surface area contributed by atoms with E-state index in [4.69, 9.17) is 14.2 Å². The van der Waals surface area contributed by atoms with Crippen LogP contribution in [0.15, 0.2) is 54.7 Å². The van der Waals surface area contributed by atoms with Gasteiger partial charge in [0.15, 0.2) is 17.2 Å². The van der Waals surface area contributed by atoms with Gasteiger partial charge in [-0.1, -0.05) is 24.3 Å². The number of amides is 1. The summed E-state index contributed by atoms with van der Waals surface area (Å²) in [7, 11) is 3.10.